The summed E-state index contributed by atoms with van der Waals surface area (Å²) in [5.74, 6) is -0.502. The van der Waals surface area contributed by atoms with Gasteiger partial charge in [-0.3, -0.25) is 0 Å². The summed E-state index contributed by atoms with van der Waals surface area (Å²) < 4.78 is 15.5. The van der Waals surface area contributed by atoms with Gasteiger partial charge in [-0.05, 0) is 40.5 Å². The average Bonchev–Trinajstić information content (AvgIpc) is 2.90. The van der Waals surface area contributed by atoms with E-state index in [0.717, 1.165) is 34.4 Å². The molecule has 35 heavy (non-hydrogen) atoms. The molecular formula is C29H26O6. The predicted octanol–water partition coefficient (Wildman–Crippen LogP) is 5.40. The van der Waals surface area contributed by atoms with E-state index in [1.165, 1.54) is 6.26 Å². The molecule has 0 radical (unpaired) electrons. The van der Waals surface area contributed by atoms with Crippen LogP contribution in [0.3, 0.4) is 0 Å². The molecule has 3 aromatic carbocycles. The summed E-state index contributed by atoms with van der Waals surface area (Å²) in [7, 11) is 0. The van der Waals surface area contributed by atoms with Crippen molar-refractivity contribution in [2.75, 3.05) is 6.61 Å². The summed E-state index contributed by atoms with van der Waals surface area (Å²) in [6.07, 6.45) is 4.95. The van der Waals surface area contributed by atoms with E-state index >= 15 is 0 Å². The first kappa shape index (κ1) is 25.2. The van der Waals surface area contributed by atoms with E-state index in [4.69, 9.17) is 14.2 Å². The first-order valence-electron chi connectivity index (χ1n) is 10.9. The quantitative estimate of drug-likeness (QED) is 0.133. The van der Waals surface area contributed by atoms with Crippen molar-refractivity contribution in [3.8, 4) is 16.9 Å². The third-order valence-corrected chi connectivity index (χ3v) is 5.02. The molecule has 0 aliphatic carbocycles. The SMILES string of the molecule is C=CC(=O)OCCc1ccc(/C=C/OC(O)c2ccc(-c3ccc(OC(=O)C=C)cc3)cc2)cc1. The molecule has 3 rings (SSSR count). The van der Waals surface area contributed by atoms with Gasteiger partial charge in [-0.2, -0.15) is 0 Å². The molecule has 3 aromatic rings. The second-order valence-corrected chi connectivity index (χ2v) is 7.43. The Morgan fingerprint density at radius 1 is 0.829 bits per heavy atom. The molecule has 0 aliphatic rings. The fraction of sp³-hybridized carbons (Fsp3) is 0.103. The molecule has 0 saturated carbocycles. The average molecular weight is 471 g/mol. The van der Waals surface area contributed by atoms with E-state index in [2.05, 4.69) is 13.2 Å². The third kappa shape index (κ3) is 7.84. The van der Waals surface area contributed by atoms with Crippen molar-refractivity contribution >= 4 is 18.0 Å². The zero-order valence-electron chi connectivity index (χ0n) is 19.1. The van der Waals surface area contributed by atoms with Crippen LogP contribution in [0.1, 0.15) is 23.0 Å². The maximum atomic E-state index is 11.3. The molecule has 1 N–H and O–H groups in total. The van der Waals surface area contributed by atoms with Crippen LogP contribution in [0.5, 0.6) is 5.75 Å². The van der Waals surface area contributed by atoms with Gasteiger partial charge >= 0.3 is 11.9 Å². The number of ether oxygens (including phenoxy) is 3. The maximum absolute atomic E-state index is 11.3. The van der Waals surface area contributed by atoms with E-state index in [9.17, 15) is 14.7 Å². The van der Waals surface area contributed by atoms with Gasteiger partial charge in [0.1, 0.15) is 5.75 Å². The van der Waals surface area contributed by atoms with E-state index in [1.54, 1.807) is 30.3 Å². The van der Waals surface area contributed by atoms with Gasteiger partial charge in [-0.25, -0.2) is 9.59 Å². The topological polar surface area (TPSA) is 82.1 Å². The number of benzene rings is 3. The summed E-state index contributed by atoms with van der Waals surface area (Å²) >= 11 is 0. The molecule has 0 spiro atoms. The molecule has 0 saturated heterocycles. The van der Waals surface area contributed by atoms with E-state index in [1.807, 2.05) is 48.5 Å². The van der Waals surface area contributed by atoms with Crippen molar-refractivity contribution < 1.29 is 28.9 Å². The fourth-order valence-corrected chi connectivity index (χ4v) is 3.11. The van der Waals surface area contributed by atoms with Crippen molar-refractivity contribution in [3.05, 3.63) is 121 Å². The Morgan fingerprint density at radius 2 is 1.43 bits per heavy atom. The Balaban J connectivity index is 1.50. The van der Waals surface area contributed by atoms with Gasteiger partial charge in [-0.15, -0.1) is 0 Å². The number of hydrogen-bond acceptors (Lipinski definition) is 6. The molecule has 0 fully saturated rings. The Labute approximate surface area is 204 Å². The smallest absolute Gasteiger partial charge is 0.335 e. The lowest BCUT2D eigenvalue weighted by molar-refractivity contribution is -0.137. The number of carbonyl (C=O) groups is 2. The highest BCUT2D eigenvalue weighted by Gasteiger charge is 2.08. The Morgan fingerprint density at radius 3 is 2.03 bits per heavy atom. The Bertz CT molecular complexity index is 1180. The summed E-state index contributed by atoms with van der Waals surface area (Å²) in [4.78, 5) is 22.3. The number of aliphatic hydroxyl groups excluding tert-OH is 1. The highest BCUT2D eigenvalue weighted by Crippen LogP contribution is 2.25. The van der Waals surface area contributed by atoms with E-state index in [0.29, 0.717) is 24.3 Å². The molecule has 0 amide bonds. The van der Waals surface area contributed by atoms with E-state index < -0.39 is 18.2 Å². The van der Waals surface area contributed by atoms with Crippen molar-refractivity contribution in [3.63, 3.8) is 0 Å². The van der Waals surface area contributed by atoms with Gasteiger partial charge in [0.15, 0.2) is 0 Å². The van der Waals surface area contributed by atoms with Gasteiger partial charge in [-0.1, -0.05) is 73.8 Å². The Hall–Kier alpha value is -4.42. The van der Waals surface area contributed by atoms with Gasteiger partial charge in [0.2, 0.25) is 6.29 Å². The lowest BCUT2D eigenvalue weighted by atomic mass is 10.0. The monoisotopic (exact) mass is 470 g/mol. The van der Waals surface area contributed by atoms with Crippen molar-refractivity contribution in [2.45, 2.75) is 12.7 Å². The Kier molecular flexibility index (Phi) is 9.16. The van der Waals surface area contributed by atoms with Crippen LogP contribution >= 0.6 is 0 Å². The molecule has 0 aromatic heterocycles. The highest BCUT2D eigenvalue weighted by molar-refractivity contribution is 5.83. The summed E-state index contributed by atoms with van der Waals surface area (Å²) in [5, 5.41) is 10.3. The van der Waals surface area contributed by atoms with Crippen LogP contribution in [-0.4, -0.2) is 23.7 Å². The number of aliphatic hydroxyl groups is 1. The predicted molar refractivity (Wildman–Crippen MR) is 134 cm³/mol. The minimum atomic E-state index is -1.11. The molecule has 0 bridgehead atoms. The number of carbonyl (C=O) groups excluding carboxylic acids is 2. The van der Waals surface area contributed by atoms with Gasteiger partial charge < -0.3 is 19.3 Å². The number of hydrogen-bond donors (Lipinski definition) is 1. The van der Waals surface area contributed by atoms with Crippen LogP contribution in [0, 0.1) is 0 Å². The van der Waals surface area contributed by atoms with Crippen molar-refractivity contribution in [1.29, 1.82) is 0 Å². The second-order valence-electron chi connectivity index (χ2n) is 7.43. The lowest BCUT2D eigenvalue weighted by Crippen LogP contribution is -2.04. The standard InChI is InChI=1S/C29H26O6/c1-3-27(30)33-19-17-21-5-7-22(8-6-21)18-20-34-29(32)25-11-9-23(10-12-25)24-13-15-26(16-14-24)35-28(31)4-2/h3-16,18,20,29,32H,1-2,17,19H2/b20-18+. The molecule has 1 unspecified atom stereocenters. The van der Waals surface area contributed by atoms with Crippen molar-refractivity contribution in [2.24, 2.45) is 0 Å². The van der Waals surface area contributed by atoms with Gasteiger partial charge in [0.25, 0.3) is 0 Å². The van der Waals surface area contributed by atoms with Crippen LogP contribution in [0.25, 0.3) is 17.2 Å². The van der Waals surface area contributed by atoms with Crippen molar-refractivity contribution in [1.82, 2.24) is 0 Å². The molecule has 0 aliphatic heterocycles. The minimum Gasteiger partial charge on any atom is -0.468 e. The van der Waals surface area contributed by atoms with E-state index in [-0.39, 0.29) is 0 Å². The molecular weight excluding hydrogens is 444 g/mol. The van der Waals surface area contributed by atoms with Crippen LogP contribution in [0.2, 0.25) is 0 Å². The zero-order chi connectivity index (χ0) is 25.0. The summed E-state index contributed by atoms with van der Waals surface area (Å²) in [6, 6.07) is 22.1. The largest absolute Gasteiger partial charge is 0.468 e. The lowest BCUT2D eigenvalue weighted by Gasteiger charge is -2.11. The van der Waals surface area contributed by atoms with Crippen LogP contribution < -0.4 is 4.74 Å². The fourth-order valence-electron chi connectivity index (χ4n) is 3.11. The molecule has 0 heterocycles. The summed E-state index contributed by atoms with van der Waals surface area (Å²) in [6.45, 7) is 7.03. The molecule has 6 heteroatoms. The normalized spacial score (nSPS) is 11.5. The van der Waals surface area contributed by atoms with Gasteiger partial charge in [0.05, 0.1) is 12.9 Å². The van der Waals surface area contributed by atoms with Gasteiger partial charge in [0, 0.05) is 24.1 Å². The maximum Gasteiger partial charge on any atom is 0.335 e. The van der Waals surface area contributed by atoms with Crippen LogP contribution in [-0.2, 0) is 25.5 Å². The molecule has 6 nitrogen and oxygen atoms in total. The van der Waals surface area contributed by atoms with Crippen LogP contribution in [0.4, 0.5) is 0 Å². The number of esters is 2. The minimum absolute atomic E-state index is 0.296. The third-order valence-electron chi connectivity index (χ3n) is 5.02. The zero-order valence-corrected chi connectivity index (χ0v) is 19.1. The first-order chi connectivity index (χ1) is 17.0. The number of rotatable bonds is 11. The van der Waals surface area contributed by atoms with Crippen LogP contribution in [0.15, 0.2) is 104 Å². The molecule has 1 atom stereocenters. The first-order valence-corrected chi connectivity index (χ1v) is 10.9. The molecule has 178 valence electrons. The second kappa shape index (κ2) is 12.7. The summed E-state index contributed by atoms with van der Waals surface area (Å²) in [5.41, 5.74) is 4.43. The highest BCUT2D eigenvalue weighted by atomic mass is 16.6.